The second kappa shape index (κ2) is 10.4. The molecule has 0 saturated carbocycles. The second-order valence-corrected chi connectivity index (χ2v) is 11.2. The summed E-state index contributed by atoms with van der Waals surface area (Å²) >= 11 is 0. The fourth-order valence-electron chi connectivity index (χ4n) is 3.70. The van der Waals surface area contributed by atoms with Crippen molar-refractivity contribution in [2.45, 2.75) is 45.8 Å². The van der Waals surface area contributed by atoms with Gasteiger partial charge in [0, 0.05) is 37.6 Å². The van der Waals surface area contributed by atoms with Gasteiger partial charge in [0.15, 0.2) is 0 Å². The van der Waals surface area contributed by atoms with E-state index in [0.717, 1.165) is 11.1 Å². The Bertz CT molecular complexity index is 1130. The molecule has 10 heteroatoms. The Morgan fingerprint density at radius 3 is 2.65 bits per heavy atom. The van der Waals surface area contributed by atoms with E-state index < -0.39 is 21.7 Å². The van der Waals surface area contributed by atoms with Gasteiger partial charge >= 0.3 is 6.09 Å². The normalized spacial score (nSPS) is 13.4. The minimum absolute atomic E-state index is 0.239. The number of fused-ring (bicyclic) bond motifs is 1. The Hall–Kier alpha value is -3.14. The molecule has 0 unspecified atom stereocenters. The molecule has 34 heavy (non-hydrogen) atoms. The monoisotopic (exact) mass is 488 g/mol. The molecule has 1 aromatic carbocycles. The number of carbonyl (C=O) groups is 2. The van der Waals surface area contributed by atoms with E-state index in [1.807, 2.05) is 32.9 Å². The third-order valence-electron chi connectivity index (χ3n) is 5.23. The van der Waals surface area contributed by atoms with Crippen LogP contribution in [0, 0.1) is 0 Å². The van der Waals surface area contributed by atoms with Gasteiger partial charge in [-0.25, -0.2) is 13.2 Å². The molecule has 1 aromatic heterocycles. The van der Waals surface area contributed by atoms with Gasteiger partial charge in [0.1, 0.15) is 5.60 Å². The Morgan fingerprint density at radius 1 is 1.24 bits per heavy atom. The summed E-state index contributed by atoms with van der Waals surface area (Å²) in [5.41, 5.74) is 2.22. The number of nitrogens with one attached hydrogen (secondary N) is 1. The van der Waals surface area contributed by atoms with Gasteiger partial charge in [-0.3, -0.25) is 14.1 Å². The maximum Gasteiger partial charge on any atom is 0.410 e. The number of carbonyl (C=O) groups excluding carboxylic acids is 2. The highest BCUT2D eigenvalue weighted by atomic mass is 32.2. The molecule has 0 fully saturated rings. The number of aromatic nitrogens is 1. The molecule has 0 saturated heterocycles. The molecule has 0 radical (unpaired) electrons. The average Bonchev–Trinajstić information content (AvgIpc) is 3.19. The van der Waals surface area contributed by atoms with Gasteiger partial charge in [-0.15, -0.1) is 0 Å². The number of nitrogens with zero attached hydrogens (tertiary/aromatic N) is 3. The van der Waals surface area contributed by atoms with Gasteiger partial charge in [0.25, 0.3) is 5.91 Å². The molecule has 1 N–H and O–H groups in total. The number of ether oxygens (including phenoxy) is 1. The number of hydrogen-bond acceptors (Lipinski definition) is 6. The minimum Gasteiger partial charge on any atom is -0.444 e. The van der Waals surface area contributed by atoms with Crippen LogP contribution in [0.3, 0.4) is 0 Å². The highest BCUT2D eigenvalue weighted by molar-refractivity contribution is 7.92. The molecule has 0 atom stereocenters. The van der Waals surface area contributed by atoms with E-state index in [1.165, 1.54) is 10.6 Å². The molecular weight excluding hydrogens is 456 g/mol. The summed E-state index contributed by atoms with van der Waals surface area (Å²) in [6, 6.07) is 8.76. The zero-order valence-electron chi connectivity index (χ0n) is 20.1. The lowest BCUT2D eigenvalue weighted by molar-refractivity contribution is 0.0232. The van der Waals surface area contributed by atoms with Crippen LogP contribution in [0.2, 0.25) is 0 Å². The van der Waals surface area contributed by atoms with E-state index in [0.29, 0.717) is 50.3 Å². The van der Waals surface area contributed by atoms with Crippen molar-refractivity contribution in [3.05, 3.63) is 59.4 Å². The predicted molar refractivity (Wildman–Crippen MR) is 130 cm³/mol. The number of amides is 2. The van der Waals surface area contributed by atoms with Crippen molar-refractivity contribution < 1.29 is 22.7 Å². The van der Waals surface area contributed by atoms with Gasteiger partial charge in [-0.2, -0.15) is 0 Å². The van der Waals surface area contributed by atoms with Gasteiger partial charge in [-0.1, -0.05) is 6.07 Å². The number of hydrogen-bond donors (Lipinski definition) is 1. The van der Waals surface area contributed by atoms with E-state index in [2.05, 4.69) is 10.3 Å². The Morgan fingerprint density at radius 2 is 2.00 bits per heavy atom. The third-order valence-corrected chi connectivity index (χ3v) is 6.41. The zero-order valence-corrected chi connectivity index (χ0v) is 20.9. The summed E-state index contributed by atoms with van der Waals surface area (Å²) < 4.78 is 30.7. The van der Waals surface area contributed by atoms with Crippen LogP contribution in [0.25, 0.3) is 0 Å². The fourth-order valence-corrected chi connectivity index (χ4v) is 4.66. The van der Waals surface area contributed by atoms with Crippen molar-refractivity contribution in [3.63, 3.8) is 0 Å². The molecule has 184 valence electrons. The maximum atomic E-state index is 12.7. The first-order valence-corrected chi connectivity index (χ1v) is 13.0. The highest BCUT2D eigenvalue weighted by Crippen LogP contribution is 2.30. The summed E-state index contributed by atoms with van der Waals surface area (Å²) in [5, 5.41) is 2.88. The number of rotatable bonds is 8. The van der Waals surface area contributed by atoms with Crippen LogP contribution in [0.4, 0.5) is 10.5 Å². The van der Waals surface area contributed by atoms with Gasteiger partial charge < -0.3 is 15.0 Å². The maximum absolute atomic E-state index is 12.7. The Kier molecular flexibility index (Phi) is 7.81. The van der Waals surface area contributed by atoms with Gasteiger partial charge in [0.05, 0.1) is 18.5 Å². The standard InChI is InChI=1S/C24H32N4O5S/c1-24(2,3)33-23(30)27(17-18-7-5-11-25-16-18)13-6-12-26-22(29)20-8-9-21-19(15-20)10-14-28(21)34(4,31)32/h5,7-9,11,15-16H,6,10,12-14,17H2,1-4H3,(H,26,29). The molecule has 1 aliphatic rings. The zero-order chi connectivity index (χ0) is 24.9. The Labute approximate surface area is 201 Å². The predicted octanol–water partition coefficient (Wildman–Crippen LogP) is 2.96. The van der Waals surface area contributed by atoms with E-state index in [-0.39, 0.29) is 5.91 Å². The van der Waals surface area contributed by atoms with Gasteiger partial charge in [0.2, 0.25) is 10.0 Å². The average molecular weight is 489 g/mol. The first kappa shape index (κ1) is 25.5. The molecule has 2 aromatic rings. The summed E-state index contributed by atoms with van der Waals surface area (Å²) in [6.45, 7) is 6.97. The quantitative estimate of drug-likeness (QED) is 0.572. The number of benzene rings is 1. The number of sulfonamides is 1. The number of anilines is 1. The molecule has 9 nitrogen and oxygen atoms in total. The van der Waals surface area contributed by atoms with Crippen LogP contribution in [-0.4, -0.2) is 61.8 Å². The lowest BCUT2D eigenvalue weighted by atomic mass is 10.1. The van der Waals surface area contributed by atoms with E-state index >= 15 is 0 Å². The van der Waals surface area contributed by atoms with Crippen LogP contribution in [-0.2, 0) is 27.7 Å². The van der Waals surface area contributed by atoms with Crippen molar-refractivity contribution in [3.8, 4) is 0 Å². The molecule has 3 rings (SSSR count). The van der Waals surface area contributed by atoms with Crippen molar-refractivity contribution >= 4 is 27.7 Å². The highest BCUT2D eigenvalue weighted by Gasteiger charge is 2.27. The SMILES string of the molecule is CC(C)(C)OC(=O)N(CCCNC(=O)c1ccc2c(c1)CCN2S(C)(=O)=O)Cc1cccnc1. The van der Waals surface area contributed by atoms with E-state index in [1.54, 1.807) is 35.5 Å². The van der Waals surface area contributed by atoms with Crippen molar-refractivity contribution in [1.29, 1.82) is 0 Å². The van der Waals surface area contributed by atoms with Crippen LogP contribution in [0.1, 0.15) is 48.7 Å². The lowest BCUT2D eigenvalue weighted by Crippen LogP contribution is -2.38. The molecule has 0 bridgehead atoms. The van der Waals surface area contributed by atoms with Crippen molar-refractivity contribution in [2.75, 3.05) is 30.2 Å². The first-order valence-electron chi connectivity index (χ1n) is 11.2. The first-order chi connectivity index (χ1) is 15.9. The van der Waals surface area contributed by atoms with E-state index in [9.17, 15) is 18.0 Å². The molecular formula is C24H32N4O5S. The van der Waals surface area contributed by atoms with Crippen LogP contribution in [0.5, 0.6) is 0 Å². The summed E-state index contributed by atoms with van der Waals surface area (Å²) in [6.07, 6.45) is 5.25. The van der Waals surface area contributed by atoms with Crippen LogP contribution < -0.4 is 9.62 Å². The van der Waals surface area contributed by atoms with Crippen LogP contribution >= 0.6 is 0 Å². The smallest absolute Gasteiger partial charge is 0.410 e. The fraction of sp³-hybridized carbons (Fsp3) is 0.458. The molecule has 2 amide bonds. The number of pyridine rings is 1. The summed E-state index contributed by atoms with van der Waals surface area (Å²) in [7, 11) is -3.33. The summed E-state index contributed by atoms with van der Waals surface area (Å²) in [5.74, 6) is -0.239. The van der Waals surface area contributed by atoms with E-state index in [4.69, 9.17) is 4.74 Å². The minimum atomic E-state index is -3.33. The summed E-state index contributed by atoms with van der Waals surface area (Å²) in [4.78, 5) is 31.0. The molecule has 0 spiro atoms. The van der Waals surface area contributed by atoms with Crippen molar-refractivity contribution in [1.82, 2.24) is 15.2 Å². The molecule has 0 aliphatic carbocycles. The largest absolute Gasteiger partial charge is 0.444 e. The van der Waals surface area contributed by atoms with Crippen LogP contribution in [0.15, 0.2) is 42.7 Å². The second-order valence-electron chi connectivity index (χ2n) is 9.30. The van der Waals surface area contributed by atoms with Gasteiger partial charge in [-0.05, 0) is 69.0 Å². The topological polar surface area (TPSA) is 109 Å². The lowest BCUT2D eigenvalue weighted by Gasteiger charge is -2.27. The molecule has 2 heterocycles. The molecule has 1 aliphatic heterocycles. The Balaban J connectivity index is 1.56. The third kappa shape index (κ3) is 6.93. The van der Waals surface area contributed by atoms with Crippen molar-refractivity contribution in [2.24, 2.45) is 0 Å².